The number of fused-ring (bicyclic) bond motifs is 1. The lowest BCUT2D eigenvalue weighted by Crippen LogP contribution is -2.45. The summed E-state index contributed by atoms with van der Waals surface area (Å²) in [6.07, 6.45) is 1.58. The van der Waals surface area contributed by atoms with Crippen LogP contribution in [0.25, 0.3) is 10.9 Å². The van der Waals surface area contributed by atoms with Crippen LogP contribution in [-0.4, -0.2) is 61.4 Å². The van der Waals surface area contributed by atoms with Crippen molar-refractivity contribution in [1.82, 2.24) is 15.3 Å². The Hall–Kier alpha value is -2.25. The Balaban J connectivity index is 1.34. The van der Waals surface area contributed by atoms with Crippen LogP contribution in [0.4, 0.5) is 5.95 Å². The first-order chi connectivity index (χ1) is 13.6. The number of amides is 1. The molecule has 3 heterocycles. The number of benzene rings is 1. The van der Waals surface area contributed by atoms with E-state index in [9.17, 15) is 4.79 Å². The Labute approximate surface area is 165 Å². The van der Waals surface area contributed by atoms with E-state index < -0.39 is 0 Å². The van der Waals surface area contributed by atoms with Gasteiger partial charge in [0.05, 0.1) is 37.1 Å². The fourth-order valence-corrected chi connectivity index (χ4v) is 3.88. The maximum absolute atomic E-state index is 12.5. The minimum absolute atomic E-state index is 0.0320. The summed E-state index contributed by atoms with van der Waals surface area (Å²) in [5.74, 6) is 0.908. The number of aromatic nitrogens is 2. The number of aryl methyl sites for hydroxylation is 2. The highest BCUT2D eigenvalue weighted by molar-refractivity contribution is 5.82. The quantitative estimate of drug-likeness (QED) is 0.869. The van der Waals surface area contributed by atoms with Gasteiger partial charge >= 0.3 is 0 Å². The fraction of sp³-hybridized carbons (Fsp3) is 0.571. The molecule has 1 unspecified atom stereocenters. The number of piperidine rings is 1. The lowest BCUT2D eigenvalue weighted by Gasteiger charge is -2.32. The smallest absolute Gasteiger partial charge is 0.226 e. The molecule has 2 saturated heterocycles. The number of carbonyl (C=O) groups is 1. The number of nitrogens with one attached hydrogen (secondary N) is 1. The van der Waals surface area contributed by atoms with E-state index in [1.165, 1.54) is 5.56 Å². The summed E-state index contributed by atoms with van der Waals surface area (Å²) in [5.41, 5.74) is 3.19. The van der Waals surface area contributed by atoms with E-state index in [1.807, 2.05) is 6.92 Å². The van der Waals surface area contributed by atoms with Gasteiger partial charge in [-0.15, -0.1) is 0 Å². The molecule has 0 spiro atoms. The van der Waals surface area contributed by atoms with Crippen molar-refractivity contribution in [2.24, 2.45) is 5.92 Å². The summed E-state index contributed by atoms with van der Waals surface area (Å²) in [4.78, 5) is 24.1. The number of rotatable bonds is 4. The summed E-state index contributed by atoms with van der Waals surface area (Å²) < 4.78 is 11.0. The first-order valence-corrected chi connectivity index (χ1v) is 10.1. The predicted octanol–water partition coefficient (Wildman–Crippen LogP) is 1.99. The van der Waals surface area contributed by atoms with E-state index in [0.717, 1.165) is 48.5 Å². The van der Waals surface area contributed by atoms with Gasteiger partial charge in [0.15, 0.2) is 0 Å². The van der Waals surface area contributed by atoms with E-state index in [-0.39, 0.29) is 17.9 Å². The molecule has 2 aliphatic rings. The molecule has 2 fully saturated rings. The first-order valence-electron chi connectivity index (χ1n) is 10.1. The molecular weight excluding hydrogens is 356 g/mol. The van der Waals surface area contributed by atoms with Crippen LogP contribution in [-0.2, 0) is 14.3 Å². The van der Waals surface area contributed by atoms with Crippen molar-refractivity contribution in [1.29, 1.82) is 0 Å². The van der Waals surface area contributed by atoms with Gasteiger partial charge in [0.25, 0.3) is 0 Å². The molecule has 1 aromatic carbocycles. The number of nitrogens with zero attached hydrogens (tertiary/aromatic N) is 3. The number of anilines is 1. The topological polar surface area (TPSA) is 76.6 Å². The highest BCUT2D eigenvalue weighted by Gasteiger charge is 2.27. The second kappa shape index (κ2) is 8.41. The highest BCUT2D eigenvalue weighted by Crippen LogP contribution is 2.24. The molecule has 4 rings (SSSR count). The molecule has 1 aromatic heterocycles. The first kappa shape index (κ1) is 19.1. The van der Waals surface area contributed by atoms with Crippen molar-refractivity contribution >= 4 is 22.8 Å². The van der Waals surface area contributed by atoms with E-state index in [2.05, 4.69) is 35.3 Å². The lowest BCUT2D eigenvalue weighted by molar-refractivity contribution is -0.128. The van der Waals surface area contributed by atoms with Gasteiger partial charge in [0.2, 0.25) is 11.9 Å². The van der Waals surface area contributed by atoms with E-state index >= 15 is 0 Å². The molecule has 150 valence electrons. The van der Waals surface area contributed by atoms with E-state index in [1.54, 1.807) is 0 Å². The molecule has 0 aliphatic carbocycles. The van der Waals surface area contributed by atoms with Gasteiger partial charge in [0, 0.05) is 30.9 Å². The normalized spacial score (nSPS) is 21.1. The van der Waals surface area contributed by atoms with Crippen LogP contribution in [0.5, 0.6) is 0 Å². The number of hydrogen-bond donors (Lipinski definition) is 1. The van der Waals surface area contributed by atoms with Gasteiger partial charge < -0.3 is 19.7 Å². The lowest BCUT2D eigenvalue weighted by atomic mass is 9.96. The molecule has 1 amide bonds. The van der Waals surface area contributed by atoms with Crippen molar-refractivity contribution in [3.8, 4) is 0 Å². The summed E-state index contributed by atoms with van der Waals surface area (Å²) in [7, 11) is 0. The Morgan fingerprint density at radius 2 is 2.04 bits per heavy atom. The fourth-order valence-electron chi connectivity index (χ4n) is 3.88. The van der Waals surface area contributed by atoms with E-state index in [4.69, 9.17) is 19.4 Å². The zero-order valence-electron chi connectivity index (χ0n) is 16.6. The standard InChI is InChI=1S/C21H28N4O3/c1-14-3-4-19-18(11-14)15(2)23-21(24-19)25-7-5-16(6-8-25)20(26)22-12-17-13-27-9-10-28-17/h3-4,11,16-17H,5-10,12-13H2,1-2H3,(H,22,26). The van der Waals surface area contributed by atoms with Crippen LogP contribution in [0.15, 0.2) is 18.2 Å². The maximum atomic E-state index is 12.5. The summed E-state index contributed by atoms with van der Waals surface area (Å²) in [6.45, 7) is 8.00. The van der Waals surface area contributed by atoms with Gasteiger partial charge in [-0.1, -0.05) is 11.6 Å². The molecule has 2 aliphatic heterocycles. The molecule has 0 radical (unpaired) electrons. The SMILES string of the molecule is Cc1ccc2nc(N3CCC(C(=O)NCC4COCCO4)CC3)nc(C)c2c1. The molecule has 7 nitrogen and oxygen atoms in total. The Kier molecular flexibility index (Phi) is 5.73. The van der Waals surface area contributed by atoms with Gasteiger partial charge in [-0.05, 0) is 38.8 Å². The number of ether oxygens (including phenoxy) is 2. The Morgan fingerprint density at radius 1 is 1.21 bits per heavy atom. The molecule has 28 heavy (non-hydrogen) atoms. The van der Waals surface area contributed by atoms with Crippen LogP contribution in [0.1, 0.15) is 24.1 Å². The summed E-state index contributed by atoms with van der Waals surface area (Å²) in [6, 6.07) is 6.27. The van der Waals surface area contributed by atoms with E-state index in [0.29, 0.717) is 26.4 Å². The average molecular weight is 384 g/mol. The Bertz CT molecular complexity index is 843. The second-order valence-electron chi connectivity index (χ2n) is 7.70. The monoisotopic (exact) mass is 384 g/mol. The van der Waals surface area contributed by atoms with Crippen molar-refractivity contribution in [3.05, 3.63) is 29.5 Å². The third-order valence-corrected chi connectivity index (χ3v) is 5.57. The summed E-state index contributed by atoms with van der Waals surface area (Å²) >= 11 is 0. The number of hydrogen-bond acceptors (Lipinski definition) is 6. The van der Waals surface area contributed by atoms with Gasteiger partial charge in [-0.2, -0.15) is 0 Å². The van der Waals surface area contributed by atoms with Gasteiger partial charge in [0.1, 0.15) is 0 Å². The van der Waals surface area contributed by atoms with Crippen molar-refractivity contribution in [2.75, 3.05) is 44.4 Å². The molecule has 0 bridgehead atoms. The third-order valence-electron chi connectivity index (χ3n) is 5.57. The van der Waals surface area contributed by atoms with Crippen molar-refractivity contribution < 1.29 is 14.3 Å². The average Bonchev–Trinajstić information content (AvgIpc) is 2.73. The van der Waals surface area contributed by atoms with Crippen molar-refractivity contribution in [2.45, 2.75) is 32.8 Å². The third kappa shape index (κ3) is 4.25. The van der Waals surface area contributed by atoms with Crippen LogP contribution in [0.3, 0.4) is 0 Å². The minimum Gasteiger partial charge on any atom is -0.376 e. The molecule has 1 atom stereocenters. The zero-order valence-corrected chi connectivity index (χ0v) is 16.6. The van der Waals surface area contributed by atoms with Crippen LogP contribution >= 0.6 is 0 Å². The number of carbonyl (C=O) groups excluding carboxylic acids is 1. The zero-order chi connectivity index (χ0) is 19.5. The van der Waals surface area contributed by atoms with Crippen LogP contribution in [0.2, 0.25) is 0 Å². The highest BCUT2D eigenvalue weighted by atomic mass is 16.6. The molecule has 2 aromatic rings. The van der Waals surface area contributed by atoms with Gasteiger partial charge in [-0.3, -0.25) is 4.79 Å². The van der Waals surface area contributed by atoms with Crippen LogP contribution < -0.4 is 10.2 Å². The maximum Gasteiger partial charge on any atom is 0.226 e. The Morgan fingerprint density at radius 3 is 2.79 bits per heavy atom. The molecular formula is C21H28N4O3. The molecule has 0 saturated carbocycles. The minimum atomic E-state index is -0.0320. The largest absolute Gasteiger partial charge is 0.376 e. The van der Waals surface area contributed by atoms with Crippen molar-refractivity contribution in [3.63, 3.8) is 0 Å². The van der Waals surface area contributed by atoms with Crippen LogP contribution in [0, 0.1) is 19.8 Å². The predicted molar refractivity (Wildman–Crippen MR) is 108 cm³/mol. The van der Waals surface area contributed by atoms with Gasteiger partial charge in [-0.25, -0.2) is 9.97 Å². The second-order valence-corrected chi connectivity index (χ2v) is 7.70. The molecule has 7 heteroatoms. The molecule has 1 N–H and O–H groups in total. The summed E-state index contributed by atoms with van der Waals surface area (Å²) in [5, 5.41) is 4.13.